The molecule has 0 unspecified atom stereocenters. The van der Waals surface area contributed by atoms with E-state index in [0.29, 0.717) is 18.3 Å². The summed E-state index contributed by atoms with van der Waals surface area (Å²) in [6.45, 7) is 0. The summed E-state index contributed by atoms with van der Waals surface area (Å²) in [5.74, 6) is 0.406. The summed E-state index contributed by atoms with van der Waals surface area (Å²) in [6, 6.07) is 13.7. The van der Waals surface area contributed by atoms with Crippen molar-refractivity contribution in [3.8, 4) is 0 Å². The minimum atomic E-state index is -3.41. The summed E-state index contributed by atoms with van der Waals surface area (Å²) in [5.41, 5.74) is 1.95. The number of hydrogen-bond donors (Lipinski definition) is 2. The van der Waals surface area contributed by atoms with Crippen molar-refractivity contribution in [2.24, 2.45) is 0 Å². The third-order valence-electron chi connectivity index (χ3n) is 4.50. The Morgan fingerprint density at radius 1 is 1.00 bits per heavy atom. The van der Waals surface area contributed by atoms with Crippen LogP contribution in [0.3, 0.4) is 0 Å². The van der Waals surface area contributed by atoms with Crippen LogP contribution in [0.5, 0.6) is 0 Å². The zero-order chi connectivity index (χ0) is 17.5. The van der Waals surface area contributed by atoms with Crippen LogP contribution in [-0.4, -0.2) is 25.2 Å². The summed E-state index contributed by atoms with van der Waals surface area (Å²) < 4.78 is 27.0. The Morgan fingerprint density at radius 2 is 1.76 bits per heavy atom. The van der Waals surface area contributed by atoms with Crippen LogP contribution in [-0.2, 0) is 16.4 Å². The lowest BCUT2D eigenvalue weighted by molar-refractivity contribution is 0.462. The third kappa shape index (κ3) is 5.74. The fourth-order valence-corrected chi connectivity index (χ4v) is 4.18. The van der Waals surface area contributed by atoms with E-state index in [0.717, 1.165) is 11.3 Å². The average Bonchev–Trinajstić information content (AvgIpc) is 2.63. The highest BCUT2D eigenvalue weighted by Crippen LogP contribution is 2.21. The topological polar surface area (TPSA) is 71.1 Å². The number of nitrogens with one attached hydrogen (secondary N) is 2. The maximum absolute atomic E-state index is 12.2. The Labute approximate surface area is 149 Å². The molecule has 6 heteroatoms. The van der Waals surface area contributed by atoms with E-state index in [1.165, 1.54) is 32.1 Å². The molecule has 1 aromatic heterocycles. The number of nitrogens with zero attached hydrogens (tertiary/aromatic N) is 1. The predicted molar refractivity (Wildman–Crippen MR) is 102 cm³/mol. The van der Waals surface area contributed by atoms with E-state index in [2.05, 4.69) is 15.0 Å². The Morgan fingerprint density at radius 3 is 2.44 bits per heavy atom. The second-order valence-electron chi connectivity index (χ2n) is 6.57. The summed E-state index contributed by atoms with van der Waals surface area (Å²) >= 11 is 0. The van der Waals surface area contributed by atoms with Crippen LogP contribution in [0.4, 0.5) is 11.5 Å². The van der Waals surface area contributed by atoms with Gasteiger partial charge >= 0.3 is 0 Å². The molecule has 0 aliphatic heterocycles. The van der Waals surface area contributed by atoms with Gasteiger partial charge in [-0.15, -0.1) is 0 Å². The maximum Gasteiger partial charge on any atom is 0.234 e. The SMILES string of the molecule is O=S(=O)(CCc1ccccc1)Nc1ccc(NC2CCCCC2)cn1. The first-order valence-corrected chi connectivity index (χ1v) is 10.5. The van der Waals surface area contributed by atoms with Gasteiger partial charge < -0.3 is 5.32 Å². The molecule has 1 heterocycles. The Kier molecular flexibility index (Phi) is 5.91. The normalized spacial score (nSPS) is 15.7. The number of hydrogen-bond acceptors (Lipinski definition) is 4. The summed E-state index contributed by atoms with van der Waals surface area (Å²) in [4.78, 5) is 4.23. The predicted octanol–water partition coefficient (Wildman–Crippen LogP) is 3.81. The molecule has 1 aliphatic carbocycles. The first-order valence-electron chi connectivity index (χ1n) is 8.88. The molecule has 2 aromatic rings. The molecule has 1 saturated carbocycles. The van der Waals surface area contributed by atoms with Crippen molar-refractivity contribution in [3.05, 3.63) is 54.2 Å². The zero-order valence-corrected chi connectivity index (χ0v) is 15.1. The van der Waals surface area contributed by atoms with Gasteiger partial charge in [-0.05, 0) is 37.0 Å². The average molecular weight is 359 g/mol. The van der Waals surface area contributed by atoms with Gasteiger partial charge in [0.2, 0.25) is 10.0 Å². The molecule has 25 heavy (non-hydrogen) atoms. The molecule has 3 rings (SSSR count). The third-order valence-corrected chi connectivity index (χ3v) is 5.76. The van der Waals surface area contributed by atoms with Gasteiger partial charge in [-0.1, -0.05) is 49.6 Å². The first-order chi connectivity index (χ1) is 12.1. The smallest absolute Gasteiger partial charge is 0.234 e. The van der Waals surface area contributed by atoms with E-state index in [-0.39, 0.29) is 5.75 Å². The van der Waals surface area contributed by atoms with Crippen molar-refractivity contribution in [2.45, 2.75) is 44.6 Å². The van der Waals surface area contributed by atoms with Crippen LogP contribution < -0.4 is 10.0 Å². The number of sulfonamides is 1. The molecular formula is C19H25N3O2S. The van der Waals surface area contributed by atoms with Crippen LogP contribution in [0.1, 0.15) is 37.7 Å². The van der Waals surface area contributed by atoms with Gasteiger partial charge in [0.05, 0.1) is 17.6 Å². The van der Waals surface area contributed by atoms with Crippen LogP contribution in [0.25, 0.3) is 0 Å². The van der Waals surface area contributed by atoms with Crippen molar-refractivity contribution >= 4 is 21.5 Å². The lowest BCUT2D eigenvalue weighted by atomic mass is 9.95. The van der Waals surface area contributed by atoms with Gasteiger partial charge in [0.1, 0.15) is 5.82 Å². The monoisotopic (exact) mass is 359 g/mol. The second kappa shape index (κ2) is 8.34. The Balaban J connectivity index is 1.53. The van der Waals surface area contributed by atoms with Gasteiger partial charge in [-0.25, -0.2) is 13.4 Å². The first kappa shape index (κ1) is 17.7. The van der Waals surface area contributed by atoms with Crippen LogP contribution >= 0.6 is 0 Å². The van der Waals surface area contributed by atoms with E-state index in [9.17, 15) is 8.42 Å². The largest absolute Gasteiger partial charge is 0.381 e. The number of rotatable bonds is 7. The minimum Gasteiger partial charge on any atom is -0.381 e. The molecule has 0 saturated heterocycles. The summed E-state index contributed by atoms with van der Waals surface area (Å²) in [7, 11) is -3.41. The van der Waals surface area contributed by atoms with Gasteiger partial charge in [-0.2, -0.15) is 0 Å². The lowest BCUT2D eigenvalue weighted by Gasteiger charge is -2.23. The van der Waals surface area contributed by atoms with Crippen molar-refractivity contribution in [1.82, 2.24) is 4.98 Å². The highest BCUT2D eigenvalue weighted by atomic mass is 32.2. The molecule has 134 valence electrons. The van der Waals surface area contributed by atoms with Gasteiger partial charge in [0.15, 0.2) is 0 Å². The summed E-state index contributed by atoms with van der Waals surface area (Å²) in [6.07, 6.45) is 8.41. The van der Waals surface area contributed by atoms with Gasteiger partial charge in [-0.3, -0.25) is 4.72 Å². The second-order valence-corrected chi connectivity index (χ2v) is 8.41. The molecule has 1 aliphatic rings. The minimum absolute atomic E-state index is 0.0424. The van der Waals surface area contributed by atoms with Crippen molar-refractivity contribution in [2.75, 3.05) is 15.8 Å². The zero-order valence-electron chi connectivity index (χ0n) is 14.3. The lowest BCUT2D eigenvalue weighted by Crippen LogP contribution is -2.22. The fourth-order valence-electron chi connectivity index (χ4n) is 3.13. The number of benzene rings is 1. The molecule has 1 fully saturated rings. The number of aryl methyl sites for hydroxylation is 1. The van der Waals surface area contributed by atoms with Gasteiger partial charge in [0, 0.05) is 6.04 Å². The molecule has 0 bridgehead atoms. The van der Waals surface area contributed by atoms with Crippen LogP contribution in [0.2, 0.25) is 0 Å². The molecule has 0 atom stereocenters. The Bertz CT molecular complexity index is 755. The highest BCUT2D eigenvalue weighted by Gasteiger charge is 2.14. The molecule has 1 aromatic carbocycles. The van der Waals surface area contributed by atoms with Crippen molar-refractivity contribution in [3.63, 3.8) is 0 Å². The van der Waals surface area contributed by atoms with E-state index in [4.69, 9.17) is 0 Å². The molecule has 0 radical (unpaired) electrons. The molecular weight excluding hydrogens is 334 g/mol. The quantitative estimate of drug-likeness (QED) is 0.788. The van der Waals surface area contributed by atoms with E-state index < -0.39 is 10.0 Å². The number of aromatic nitrogens is 1. The highest BCUT2D eigenvalue weighted by molar-refractivity contribution is 7.92. The van der Waals surface area contributed by atoms with Gasteiger partial charge in [0.25, 0.3) is 0 Å². The molecule has 0 amide bonds. The molecule has 5 nitrogen and oxygen atoms in total. The van der Waals surface area contributed by atoms with Crippen LogP contribution in [0.15, 0.2) is 48.7 Å². The molecule has 2 N–H and O–H groups in total. The van der Waals surface area contributed by atoms with E-state index in [1.54, 1.807) is 12.3 Å². The number of pyridine rings is 1. The van der Waals surface area contributed by atoms with Crippen molar-refractivity contribution < 1.29 is 8.42 Å². The molecule has 0 spiro atoms. The van der Waals surface area contributed by atoms with E-state index >= 15 is 0 Å². The standard InChI is InChI=1S/C19H25N3O2S/c23-25(24,14-13-16-7-3-1-4-8-16)22-19-12-11-18(15-20-19)21-17-9-5-2-6-10-17/h1,3-4,7-8,11-12,15,17,21H,2,5-6,9-10,13-14H2,(H,20,22). The Hall–Kier alpha value is -2.08. The van der Waals surface area contributed by atoms with Crippen molar-refractivity contribution in [1.29, 1.82) is 0 Å². The maximum atomic E-state index is 12.2. The van der Waals surface area contributed by atoms with E-state index in [1.807, 2.05) is 36.4 Å². The van der Waals surface area contributed by atoms with Crippen LogP contribution in [0, 0.1) is 0 Å². The number of anilines is 2. The fraction of sp³-hybridized carbons (Fsp3) is 0.421. The summed E-state index contributed by atoms with van der Waals surface area (Å²) in [5, 5.41) is 3.48.